The van der Waals surface area contributed by atoms with E-state index in [0.717, 1.165) is 38.3 Å². The summed E-state index contributed by atoms with van der Waals surface area (Å²) in [7, 11) is 2.13. The number of piperazine rings is 1. The minimum atomic E-state index is -0.422. The number of rotatable bonds is 8. The molecule has 1 aliphatic heterocycles. The number of likely N-dealkylation sites (N-methyl/N-ethyl adjacent to an activating group) is 1. The third kappa shape index (κ3) is 6.70. The van der Waals surface area contributed by atoms with E-state index < -0.39 is 5.82 Å². The fraction of sp³-hybridized carbons (Fsp3) is 0.409. The Morgan fingerprint density at radius 2 is 1.90 bits per heavy atom. The van der Waals surface area contributed by atoms with E-state index in [1.54, 1.807) is 0 Å². The van der Waals surface area contributed by atoms with Crippen LogP contribution in [0, 0.1) is 5.82 Å². The van der Waals surface area contributed by atoms with Gasteiger partial charge in [0.15, 0.2) is 0 Å². The molecule has 0 aromatic heterocycles. The number of carbonyl (C=O) groups is 1. The third-order valence-electron chi connectivity index (χ3n) is 5.05. The highest BCUT2D eigenvalue weighted by atomic mass is 35.5. The van der Waals surface area contributed by atoms with Gasteiger partial charge in [-0.05, 0) is 30.8 Å². The van der Waals surface area contributed by atoms with Crippen molar-refractivity contribution in [2.75, 3.05) is 46.4 Å². The summed E-state index contributed by atoms with van der Waals surface area (Å²) >= 11 is 5.95. The molecule has 0 aliphatic carbocycles. The molecule has 0 spiro atoms. The molecule has 29 heavy (non-hydrogen) atoms. The van der Waals surface area contributed by atoms with Gasteiger partial charge in [-0.25, -0.2) is 4.39 Å². The van der Waals surface area contributed by atoms with E-state index in [4.69, 9.17) is 16.3 Å². The number of carbonyl (C=O) groups excluding carboxylic acids is 1. The second-order valence-electron chi connectivity index (χ2n) is 7.31. The number of ether oxygens (including phenoxy) is 1. The van der Waals surface area contributed by atoms with Gasteiger partial charge in [0.2, 0.25) is 5.91 Å². The third-order valence-corrected chi connectivity index (χ3v) is 5.35. The molecule has 1 aliphatic rings. The standard InChI is InChI=1S/C22H27ClFN3O2/c1-26-10-12-27(13-11-26)16-20(17-5-3-2-4-6-17)25-22(28)9-14-29-21-8-7-18(24)15-19(21)23/h2-8,15,20H,9-14,16H2,1H3,(H,25,28). The molecule has 0 bridgehead atoms. The Balaban J connectivity index is 1.54. The zero-order chi connectivity index (χ0) is 20.6. The Bertz CT molecular complexity index is 798. The molecule has 1 atom stereocenters. The van der Waals surface area contributed by atoms with E-state index >= 15 is 0 Å². The highest BCUT2D eigenvalue weighted by molar-refractivity contribution is 6.32. The zero-order valence-electron chi connectivity index (χ0n) is 16.6. The number of hydrogen-bond donors (Lipinski definition) is 1. The van der Waals surface area contributed by atoms with Crippen LogP contribution in [0.4, 0.5) is 4.39 Å². The van der Waals surface area contributed by atoms with Crippen LogP contribution >= 0.6 is 11.6 Å². The van der Waals surface area contributed by atoms with Gasteiger partial charge < -0.3 is 15.0 Å². The lowest BCUT2D eigenvalue weighted by molar-refractivity contribution is -0.122. The van der Waals surface area contributed by atoms with Crippen LogP contribution in [0.1, 0.15) is 18.0 Å². The molecule has 1 unspecified atom stereocenters. The number of halogens is 2. The van der Waals surface area contributed by atoms with E-state index in [0.29, 0.717) is 5.75 Å². The SMILES string of the molecule is CN1CCN(CC(NC(=O)CCOc2ccc(F)cc2Cl)c2ccccc2)CC1. The van der Waals surface area contributed by atoms with Crippen LogP contribution in [-0.4, -0.2) is 62.1 Å². The minimum Gasteiger partial charge on any atom is -0.491 e. The molecule has 2 aromatic rings. The maximum absolute atomic E-state index is 13.1. The summed E-state index contributed by atoms with van der Waals surface area (Å²) in [6, 6.07) is 13.9. The van der Waals surface area contributed by atoms with Crippen molar-refractivity contribution in [3.8, 4) is 5.75 Å². The lowest BCUT2D eigenvalue weighted by Gasteiger charge is -2.35. The summed E-state index contributed by atoms with van der Waals surface area (Å²) in [4.78, 5) is 17.2. The van der Waals surface area contributed by atoms with E-state index in [1.165, 1.54) is 18.2 Å². The summed E-state index contributed by atoms with van der Waals surface area (Å²) in [5.41, 5.74) is 1.09. The van der Waals surface area contributed by atoms with Crippen molar-refractivity contribution < 1.29 is 13.9 Å². The number of nitrogens with one attached hydrogen (secondary N) is 1. The monoisotopic (exact) mass is 419 g/mol. The van der Waals surface area contributed by atoms with Crippen molar-refractivity contribution in [2.45, 2.75) is 12.5 Å². The topological polar surface area (TPSA) is 44.8 Å². The molecule has 1 fully saturated rings. The van der Waals surface area contributed by atoms with Crippen molar-refractivity contribution in [1.82, 2.24) is 15.1 Å². The molecule has 1 saturated heterocycles. The molecule has 156 valence electrons. The van der Waals surface area contributed by atoms with Gasteiger partial charge in [-0.15, -0.1) is 0 Å². The first-order valence-corrected chi connectivity index (χ1v) is 10.2. The first-order chi connectivity index (χ1) is 14.0. The van der Waals surface area contributed by atoms with Gasteiger partial charge in [-0.1, -0.05) is 41.9 Å². The molecule has 0 saturated carbocycles. The van der Waals surface area contributed by atoms with Gasteiger partial charge in [0.05, 0.1) is 24.1 Å². The van der Waals surface area contributed by atoms with Gasteiger partial charge >= 0.3 is 0 Å². The molecule has 2 aromatic carbocycles. The summed E-state index contributed by atoms with van der Waals surface area (Å²) in [6.07, 6.45) is 0.194. The molecule has 5 nitrogen and oxygen atoms in total. The first kappa shape index (κ1) is 21.6. The Hall–Kier alpha value is -2.15. The Labute approximate surface area is 176 Å². The van der Waals surface area contributed by atoms with Gasteiger partial charge in [0, 0.05) is 32.7 Å². The van der Waals surface area contributed by atoms with Crippen molar-refractivity contribution >= 4 is 17.5 Å². The van der Waals surface area contributed by atoms with E-state index in [9.17, 15) is 9.18 Å². The average molecular weight is 420 g/mol. The van der Waals surface area contributed by atoms with Gasteiger partial charge in [0.1, 0.15) is 11.6 Å². The molecule has 3 rings (SSSR count). The van der Waals surface area contributed by atoms with Crippen molar-refractivity contribution in [1.29, 1.82) is 0 Å². The van der Waals surface area contributed by atoms with Crippen molar-refractivity contribution in [3.63, 3.8) is 0 Å². The van der Waals surface area contributed by atoms with Crippen LogP contribution in [0.5, 0.6) is 5.75 Å². The van der Waals surface area contributed by atoms with E-state index in [2.05, 4.69) is 22.2 Å². The first-order valence-electron chi connectivity index (χ1n) is 9.84. The minimum absolute atomic E-state index is 0.0819. The van der Waals surface area contributed by atoms with Gasteiger partial charge in [-0.3, -0.25) is 9.69 Å². The number of hydrogen-bond acceptors (Lipinski definition) is 4. The van der Waals surface area contributed by atoms with Crippen LogP contribution < -0.4 is 10.1 Å². The van der Waals surface area contributed by atoms with Crippen LogP contribution in [-0.2, 0) is 4.79 Å². The molecule has 7 heteroatoms. The maximum atomic E-state index is 13.1. The molecule has 1 heterocycles. The summed E-state index contributed by atoms with van der Waals surface area (Å²) in [5.74, 6) is -0.140. The lowest BCUT2D eigenvalue weighted by Crippen LogP contribution is -2.47. The maximum Gasteiger partial charge on any atom is 0.223 e. The summed E-state index contributed by atoms with van der Waals surface area (Å²) in [6.45, 7) is 4.98. The second kappa shape index (κ2) is 10.6. The number of benzene rings is 2. The average Bonchev–Trinajstić information content (AvgIpc) is 2.71. The predicted octanol–water partition coefficient (Wildman–Crippen LogP) is 3.35. The highest BCUT2D eigenvalue weighted by Crippen LogP contribution is 2.25. The van der Waals surface area contributed by atoms with Gasteiger partial charge in [-0.2, -0.15) is 0 Å². The molecule has 0 radical (unpaired) electrons. The van der Waals surface area contributed by atoms with Gasteiger partial charge in [0.25, 0.3) is 0 Å². The number of amides is 1. The molecular weight excluding hydrogens is 393 g/mol. The molecule has 1 N–H and O–H groups in total. The Morgan fingerprint density at radius 1 is 1.17 bits per heavy atom. The van der Waals surface area contributed by atoms with Crippen LogP contribution in [0.2, 0.25) is 5.02 Å². The lowest BCUT2D eigenvalue weighted by atomic mass is 10.1. The Kier molecular flexibility index (Phi) is 7.86. The smallest absolute Gasteiger partial charge is 0.223 e. The molecular formula is C22H27ClFN3O2. The van der Waals surface area contributed by atoms with E-state index in [1.807, 2.05) is 30.3 Å². The van der Waals surface area contributed by atoms with Crippen LogP contribution in [0.3, 0.4) is 0 Å². The zero-order valence-corrected chi connectivity index (χ0v) is 17.4. The molecule has 1 amide bonds. The summed E-state index contributed by atoms with van der Waals surface area (Å²) in [5, 5.41) is 3.33. The number of nitrogens with zero attached hydrogens (tertiary/aromatic N) is 2. The highest BCUT2D eigenvalue weighted by Gasteiger charge is 2.21. The predicted molar refractivity (Wildman–Crippen MR) is 113 cm³/mol. The largest absolute Gasteiger partial charge is 0.491 e. The van der Waals surface area contributed by atoms with Crippen LogP contribution in [0.25, 0.3) is 0 Å². The van der Waals surface area contributed by atoms with E-state index in [-0.39, 0.29) is 30.0 Å². The van der Waals surface area contributed by atoms with Crippen LogP contribution in [0.15, 0.2) is 48.5 Å². The normalized spacial score (nSPS) is 16.4. The summed E-state index contributed by atoms with van der Waals surface area (Å²) < 4.78 is 18.6. The van der Waals surface area contributed by atoms with Crippen molar-refractivity contribution in [2.24, 2.45) is 0 Å². The fourth-order valence-corrected chi connectivity index (χ4v) is 3.54. The quantitative estimate of drug-likeness (QED) is 0.712. The second-order valence-corrected chi connectivity index (χ2v) is 7.72. The Morgan fingerprint density at radius 3 is 2.59 bits per heavy atom. The van der Waals surface area contributed by atoms with Crippen molar-refractivity contribution in [3.05, 3.63) is 64.9 Å². The fourth-order valence-electron chi connectivity index (χ4n) is 3.32.